The average molecular weight is 321 g/mol. The third-order valence-electron chi connectivity index (χ3n) is 5.81. The molecule has 4 aliphatic carbocycles. The molecule has 0 aliphatic heterocycles. The number of aliphatic hydroxyl groups is 1. The molecular weight excluding hydrogens is 298 g/mol. The van der Waals surface area contributed by atoms with Crippen LogP contribution in [0.2, 0.25) is 0 Å². The molecule has 4 saturated carbocycles. The van der Waals surface area contributed by atoms with Crippen molar-refractivity contribution in [3.05, 3.63) is 29.8 Å². The van der Waals surface area contributed by atoms with E-state index >= 15 is 0 Å². The predicted octanol–water partition coefficient (Wildman–Crippen LogP) is 2.43. The van der Waals surface area contributed by atoms with E-state index < -0.39 is 10.0 Å². The van der Waals surface area contributed by atoms with Crippen molar-refractivity contribution in [1.29, 1.82) is 0 Å². The van der Waals surface area contributed by atoms with Gasteiger partial charge in [-0.15, -0.1) is 0 Å². The maximum Gasteiger partial charge on any atom is 0.241 e. The molecule has 0 aromatic heterocycles. The monoisotopic (exact) mass is 321 g/mol. The van der Waals surface area contributed by atoms with Gasteiger partial charge in [0.25, 0.3) is 0 Å². The standard InChI is InChI=1S/C17H23NO3S/c19-11-12-1-3-16(4-2-12)22(20,21)18-17-8-13-5-14(9-17)7-15(6-13)10-17/h1-4,13-15,18-19H,5-11H2/t13-,14+,15-,17-. The highest BCUT2D eigenvalue weighted by Crippen LogP contribution is 2.55. The van der Waals surface area contributed by atoms with E-state index in [2.05, 4.69) is 4.72 Å². The Morgan fingerprint density at radius 3 is 1.95 bits per heavy atom. The lowest BCUT2D eigenvalue weighted by atomic mass is 9.53. The van der Waals surface area contributed by atoms with Crippen molar-refractivity contribution in [2.75, 3.05) is 0 Å². The van der Waals surface area contributed by atoms with E-state index in [4.69, 9.17) is 5.11 Å². The van der Waals surface area contributed by atoms with Gasteiger partial charge in [0.05, 0.1) is 11.5 Å². The molecule has 0 spiro atoms. The van der Waals surface area contributed by atoms with E-state index in [-0.39, 0.29) is 12.1 Å². The fraction of sp³-hybridized carbons (Fsp3) is 0.647. The first kappa shape index (κ1) is 14.7. The first-order chi connectivity index (χ1) is 10.5. The molecule has 22 heavy (non-hydrogen) atoms. The summed E-state index contributed by atoms with van der Waals surface area (Å²) in [4.78, 5) is 0.306. The van der Waals surface area contributed by atoms with E-state index in [1.54, 1.807) is 24.3 Å². The number of benzene rings is 1. The van der Waals surface area contributed by atoms with E-state index in [1.807, 2.05) is 0 Å². The Morgan fingerprint density at radius 1 is 1.00 bits per heavy atom. The number of hydrogen-bond acceptors (Lipinski definition) is 3. The Morgan fingerprint density at radius 2 is 1.50 bits per heavy atom. The van der Waals surface area contributed by atoms with Crippen LogP contribution in [0.3, 0.4) is 0 Å². The Kier molecular flexibility index (Phi) is 3.36. The number of sulfonamides is 1. The molecule has 0 unspecified atom stereocenters. The van der Waals surface area contributed by atoms with Crippen molar-refractivity contribution in [1.82, 2.24) is 4.72 Å². The third-order valence-corrected chi connectivity index (χ3v) is 7.40. The summed E-state index contributed by atoms with van der Waals surface area (Å²) in [5, 5.41) is 9.08. The summed E-state index contributed by atoms with van der Waals surface area (Å²) in [7, 11) is -3.48. The number of rotatable bonds is 4. The number of aliphatic hydroxyl groups excluding tert-OH is 1. The fourth-order valence-electron chi connectivity index (χ4n) is 5.35. The zero-order valence-corrected chi connectivity index (χ0v) is 13.5. The zero-order valence-electron chi connectivity index (χ0n) is 12.7. The highest BCUT2D eigenvalue weighted by molar-refractivity contribution is 7.89. The predicted molar refractivity (Wildman–Crippen MR) is 83.6 cm³/mol. The SMILES string of the molecule is O=S(=O)(N[C@]12C[C@H]3C[C@H](C[C@H](C3)C1)C2)c1ccc(CO)cc1. The molecule has 120 valence electrons. The highest BCUT2D eigenvalue weighted by Gasteiger charge is 2.52. The van der Waals surface area contributed by atoms with Crippen LogP contribution in [0.5, 0.6) is 0 Å². The van der Waals surface area contributed by atoms with Crippen molar-refractivity contribution < 1.29 is 13.5 Å². The van der Waals surface area contributed by atoms with Crippen molar-refractivity contribution in [3.8, 4) is 0 Å². The molecule has 0 radical (unpaired) electrons. The summed E-state index contributed by atoms with van der Waals surface area (Å²) in [6.45, 7) is -0.0667. The average Bonchev–Trinajstić information content (AvgIpc) is 2.44. The summed E-state index contributed by atoms with van der Waals surface area (Å²) in [5.74, 6) is 2.14. The van der Waals surface area contributed by atoms with Gasteiger partial charge < -0.3 is 5.11 Å². The lowest BCUT2D eigenvalue weighted by molar-refractivity contribution is -0.00810. The number of hydrogen-bond donors (Lipinski definition) is 2. The lowest BCUT2D eigenvalue weighted by Crippen LogP contribution is -2.59. The molecule has 0 amide bonds. The Hall–Kier alpha value is -0.910. The molecule has 0 atom stereocenters. The lowest BCUT2D eigenvalue weighted by Gasteiger charge is -2.56. The van der Waals surface area contributed by atoms with Crippen molar-refractivity contribution in [3.63, 3.8) is 0 Å². The molecule has 5 rings (SSSR count). The summed E-state index contributed by atoms with van der Waals surface area (Å²) >= 11 is 0. The third kappa shape index (κ3) is 2.49. The largest absolute Gasteiger partial charge is 0.392 e. The first-order valence-electron chi connectivity index (χ1n) is 8.22. The van der Waals surface area contributed by atoms with Gasteiger partial charge in [-0.05, 0) is 74.0 Å². The van der Waals surface area contributed by atoms with Crippen molar-refractivity contribution >= 4 is 10.0 Å². The minimum absolute atomic E-state index is 0.0667. The van der Waals surface area contributed by atoms with Crippen LogP contribution in [-0.4, -0.2) is 19.1 Å². The van der Waals surface area contributed by atoms with Crippen molar-refractivity contribution in [2.24, 2.45) is 17.8 Å². The molecule has 5 heteroatoms. The van der Waals surface area contributed by atoms with Crippen molar-refractivity contribution in [2.45, 2.75) is 55.6 Å². The maximum atomic E-state index is 12.7. The van der Waals surface area contributed by atoms with E-state index in [0.29, 0.717) is 22.6 Å². The summed E-state index contributed by atoms with van der Waals surface area (Å²) < 4.78 is 28.5. The van der Waals surface area contributed by atoms with E-state index in [9.17, 15) is 8.42 Å². The smallest absolute Gasteiger partial charge is 0.241 e. The van der Waals surface area contributed by atoms with Crippen LogP contribution >= 0.6 is 0 Å². The summed E-state index contributed by atoms with van der Waals surface area (Å²) in [6, 6.07) is 6.53. The van der Waals surface area contributed by atoms with Gasteiger partial charge in [0.15, 0.2) is 0 Å². The zero-order chi connectivity index (χ0) is 15.4. The molecule has 4 bridgehead atoms. The van der Waals surface area contributed by atoms with Crippen LogP contribution in [0, 0.1) is 17.8 Å². The summed E-state index contributed by atoms with van der Waals surface area (Å²) in [5.41, 5.74) is 0.525. The fourth-order valence-corrected chi connectivity index (χ4v) is 6.79. The normalized spacial score (nSPS) is 36.7. The van der Waals surface area contributed by atoms with E-state index in [0.717, 1.165) is 24.8 Å². The van der Waals surface area contributed by atoms with Gasteiger partial charge in [0.1, 0.15) is 0 Å². The van der Waals surface area contributed by atoms with Gasteiger partial charge in [-0.25, -0.2) is 13.1 Å². The molecule has 0 heterocycles. The van der Waals surface area contributed by atoms with Crippen LogP contribution < -0.4 is 4.72 Å². The van der Waals surface area contributed by atoms with Gasteiger partial charge in [-0.2, -0.15) is 0 Å². The van der Waals surface area contributed by atoms with Crippen LogP contribution in [0.25, 0.3) is 0 Å². The maximum absolute atomic E-state index is 12.7. The minimum Gasteiger partial charge on any atom is -0.392 e. The molecular formula is C17H23NO3S. The second-order valence-corrected chi connectivity index (χ2v) is 9.29. The molecule has 1 aromatic carbocycles. The molecule has 4 aliphatic rings. The minimum atomic E-state index is -3.48. The highest BCUT2D eigenvalue weighted by atomic mass is 32.2. The van der Waals surface area contributed by atoms with Gasteiger partial charge in [-0.1, -0.05) is 12.1 Å². The van der Waals surface area contributed by atoms with Gasteiger partial charge in [0.2, 0.25) is 10.0 Å². The second kappa shape index (κ2) is 5.05. The van der Waals surface area contributed by atoms with Crippen LogP contribution in [0.1, 0.15) is 44.1 Å². The van der Waals surface area contributed by atoms with Crippen LogP contribution in [0.15, 0.2) is 29.2 Å². The van der Waals surface area contributed by atoms with Gasteiger partial charge >= 0.3 is 0 Å². The van der Waals surface area contributed by atoms with Gasteiger partial charge in [0, 0.05) is 5.54 Å². The van der Waals surface area contributed by atoms with Crippen LogP contribution in [-0.2, 0) is 16.6 Å². The molecule has 0 saturated heterocycles. The van der Waals surface area contributed by atoms with Crippen LogP contribution in [0.4, 0.5) is 0 Å². The molecule has 1 aromatic rings. The Bertz CT molecular complexity index is 630. The second-order valence-electron chi connectivity index (χ2n) is 7.61. The van der Waals surface area contributed by atoms with Gasteiger partial charge in [-0.3, -0.25) is 0 Å². The Labute approximate surface area is 132 Å². The molecule has 4 fully saturated rings. The Balaban J connectivity index is 1.59. The van der Waals surface area contributed by atoms with E-state index in [1.165, 1.54) is 19.3 Å². The topological polar surface area (TPSA) is 66.4 Å². The number of nitrogens with one attached hydrogen (secondary N) is 1. The first-order valence-corrected chi connectivity index (χ1v) is 9.70. The summed E-state index contributed by atoms with van der Waals surface area (Å²) in [6.07, 6.45) is 6.91. The molecule has 4 nitrogen and oxygen atoms in total. The molecule has 2 N–H and O–H groups in total. The quantitative estimate of drug-likeness (QED) is 0.895.